The van der Waals surface area contributed by atoms with E-state index < -0.39 is 18.1 Å². The minimum Gasteiger partial charge on any atom is -0.491 e. The lowest BCUT2D eigenvalue weighted by molar-refractivity contribution is -0.111. The predicted molar refractivity (Wildman–Crippen MR) is 154 cm³/mol. The molecule has 0 saturated heterocycles. The fourth-order valence-corrected chi connectivity index (χ4v) is 4.14. The Morgan fingerprint density at radius 2 is 1.64 bits per heavy atom. The Morgan fingerprint density at radius 1 is 0.923 bits per heavy atom. The number of rotatable bonds is 10. The molecule has 0 aliphatic carbocycles. The van der Waals surface area contributed by atoms with E-state index in [9.17, 15) is 9.59 Å². The summed E-state index contributed by atoms with van der Waals surface area (Å²) in [5.74, 6) is -0.230. The molecule has 8 nitrogen and oxygen atoms in total. The molecule has 0 heterocycles. The van der Waals surface area contributed by atoms with Gasteiger partial charge in [-0.3, -0.25) is 10.1 Å². The van der Waals surface area contributed by atoms with Crippen LogP contribution in [0.4, 0.5) is 21.9 Å². The zero-order valence-corrected chi connectivity index (χ0v) is 21.5. The third-order valence-corrected chi connectivity index (χ3v) is 6.05. The number of aliphatic hydroxyl groups excluding tert-OH is 1. The van der Waals surface area contributed by atoms with Gasteiger partial charge in [0, 0.05) is 11.3 Å². The second-order valence-corrected chi connectivity index (χ2v) is 8.92. The molecule has 0 bridgehead atoms. The van der Waals surface area contributed by atoms with Gasteiger partial charge in [0.25, 0.3) is 0 Å². The Labute approximate surface area is 227 Å². The Balaban J connectivity index is 1.54. The normalized spacial score (nSPS) is 12.6. The maximum absolute atomic E-state index is 13.1. The minimum atomic E-state index is -0.747. The van der Waals surface area contributed by atoms with Crippen molar-refractivity contribution in [3.05, 3.63) is 109 Å². The van der Waals surface area contributed by atoms with Crippen LogP contribution in [0.2, 0.25) is 0 Å². The number of nitrogen functional groups attached to an aromatic ring is 1. The van der Waals surface area contributed by atoms with E-state index in [0.717, 1.165) is 10.8 Å². The molecule has 5 N–H and O–H groups in total. The molecule has 0 saturated carbocycles. The topological polar surface area (TPSA) is 123 Å². The van der Waals surface area contributed by atoms with Crippen molar-refractivity contribution in [3.8, 4) is 5.75 Å². The zero-order valence-electron chi connectivity index (χ0n) is 21.5. The number of para-hydroxylation sites is 2. The van der Waals surface area contributed by atoms with Gasteiger partial charge in [-0.1, -0.05) is 73.7 Å². The van der Waals surface area contributed by atoms with Crippen LogP contribution in [0.25, 0.3) is 10.8 Å². The smallest absolute Gasteiger partial charge is 0.412 e. The molecule has 0 unspecified atom stereocenters. The highest BCUT2D eigenvalue weighted by Crippen LogP contribution is 2.31. The van der Waals surface area contributed by atoms with Gasteiger partial charge in [-0.15, -0.1) is 0 Å². The summed E-state index contributed by atoms with van der Waals surface area (Å²) in [5, 5.41) is 16.6. The Kier molecular flexibility index (Phi) is 9.16. The number of aliphatic hydroxyl groups is 1. The fraction of sp³-hybridized carbons (Fsp3) is 0.161. The highest BCUT2D eigenvalue weighted by molar-refractivity contribution is 6.01. The SMILES string of the molecule is C[C@H](/C=C/C(=O)Nc1ccccc1N)[C@@H](OC(=O)Nc1cccc2ccccc12)c1cccc(OCCO)c1. The van der Waals surface area contributed by atoms with Crippen LogP contribution in [0.1, 0.15) is 18.6 Å². The first kappa shape index (κ1) is 27.2. The summed E-state index contributed by atoms with van der Waals surface area (Å²) >= 11 is 0. The summed E-state index contributed by atoms with van der Waals surface area (Å²) < 4.78 is 11.5. The van der Waals surface area contributed by atoms with E-state index in [0.29, 0.717) is 28.4 Å². The van der Waals surface area contributed by atoms with Gasteiger partial charge in [-0.2, -0.15) is 0 Å². The monoisotopic (exact) mass is 525 g/mol. The average Bonchev–Trinajstić information content (AvgIpc) is 2.95. The number of carbonyl (C=O) groups excluding carboxylic acids is 2. The Hall–Kier alpha value is -4.82. The number of benzene rings is 4. The summed E-state index contributed by atoms with van der Waals surface area (Å²) in [7, 11) is 0. The van der Waals surface area contributed by atoms with Crippen molar-refractivity contribution in [2.75, 3.05) is 29.6 Å². The van der Waals surface area contributed by atoms with Gasteiger partial charge in [0.1, 0.15) is 18.5 Å². The largest absolute Gasteiger partial charge is 0.491 e. The molecule has 0 spiro atoms. The highest BCUT2D eigenvalue weighted by Gasteiger charge is 2.23. The maximum atomic E-state index is 13.1. The number of nitrogens with one attached hydrogen (secondary N) is 2. The third-order valence-electron chi connectivity index (χ3n) is 6.05. The molecule has 4 aromatic rings. The molecule has 39 heavy (non-hydrogen) atoms. The molecule has 4 aromatic carbocycles. The lowest BCUT2D eigenvalue weighted by Gasteiger charge is -2.23. The van der Waals surface area contributed by atoms with Crippen LogP contribution in [-0.2, 0) is 9.53 Å². The van der Waals surface area contributed by atoms with E-state index in [1.54, 1.807) is 48.5 Å². The standard InChI is InChI=1S/C31H31N3O5/c1-21(16-17-29(36)33-28-14-5-4-13-26(28)32)30(23-10-6-11-24(20-23)38-19-18-35)39-31(37)34-27-15-7-9-22-8-2-3-12-25(22)27/h2-17,20-21,30,35H,18-19,32H2,1H3,(H,33,36)(H,34,37)/b17-16+/t21-,30-/m1/s1. The molecule has 2 amide bonds. The van der Waals surface area contributed by atoms with Gasteiger partial charge in [-0.25, -0.2) is 4.79 Å². The van der Waals surface area contributed by atoms with Gasteiger partial charge in [0.05, 0.1) is 23.7 Å². The quantitative estimate of drug-likeness (QED) is 0.151. The highest BCUT2D eigenvalue weighted by atomic mass is 16.6. The van der Waals surface area contributed by atoms with E-state index in [1.807, 2.05) is 55.5 Å². The number of hydrogen-bond acceptors (Lipinski definition) is 6. The van der Waals surface area contributed by atoms with Crippen LogP contribution < -0.4 is 21.1 Å². The number of amides is 2. The minimum absolute atomic E-state index is 0.127. The van der Waals surface area contributed by atoms with Crippen molar-refractivity contribution in [2.24, 2.45) is 5.92 Å². The summed E-state index contributed by atoms with van der Waals surface area (Å²) in [6.07, 6.45) is 1.68. The van der Waals surface area contributed by atoms with Crippen LogP contribution in [0.3, 0.4) is 0 Å². The van der Waals surface area contributed by atoms with Crippen molar-refractivity contribution in [2.45, 2.75) is 13.0 Å². The molecule has 4 rings (SSSR count). The van der Waals surface area contributed by atoms with Crippen LogP contribution in [0.15, 0.2) is 103 Å². The van der Waals surface area contributed by atoms with Crippen molar-refractivity contribution in [3.63, 3.8) is 0 Å². The molecule has 200 valence electrons. The van der Waals surface area contributed by atoms with Crippen LogP contribution in [-0.4, -0.2) is 30.3 Å². The lowest BCUT2D eigenvalue weighted by Crippen LogP contribution is -2.21. The van der Waals surface area contributed by atoms with E-state index in [1.165, 1.54) is 6.08 Å². The van der Waals surface area contributed by atoms with Crippen molar-refractivity contribution in [1.29, 1.82) is 0 Å². The number of ether oxygens (including phenoxy) is 2. The maximum Gasteiger partial charge on any atom is 0.412 e. The van der Waals surface area contributed by atoms with Gasteiger partial charge >= 0.3 is 6.09 Å². The molecule has 0 aliphatic rings. The third kappa shape index (κ3) is 7.37. The Bertz CT molecular complexity index is 1460. The van der Waals surface area contributed by atoms with Gasteiger partial charge < -0.3 is 25.6 Å². The summed E-state index contributed by atoms with van der Waals surface area (Å²) in [5.41, 5.74) is 8.18. The van der Waals surface area contributed by atoms with Gasteiger partial charge in [-0.05, 0) is 47.4 Å². The van der Waals surface area contributed by atoms with Gasteiger partial charge in [0.2, 0.25) is 5.91 Å². The Morgan fingerprint density at radius 3 is 2.46 bits per heavy atom. The van der Waals surface area contributed by atoms with E-state index >= 15 is 0 Å². The number of hydrogen-bond donors (Lipinski definition) is 4. The first-order valence-corrected chi connectivity index (χ1v) is 12.6. The second kappa shape index (κ2) is 13.1. The first-order valence-electron chi connectivity index (χ1n) is 12.6. The number of nitrogens with two attached hydrogens (primary N) is 1. The number of carbonyl (C=O) groups is 2. The fourth-order valence-electron chi connectivity index (χ4n) is 4.14. The zero-order chi connectivity index (χ0) is 27.6. The molecule has 0 radical (unpaired) electrons. The van der Waals surface area contributed by atoms with Crippen LogP contribution in [0, 0.1) is 5.92 Å². The molecular formula is C31H31N3O5. The molecule has 0 aliphatic heterocycles. The van der Waals surface area contributed by atoms with E-state index in [4.69, 9.17) is 20.3 Å². The van der Waals surface area contributed by atoms with E-state index in [2.05, 4.69) is 10.6 Å². The summed E-state index contributed by atoms with van der Waals surface area (Å²) in [6.45, 7) is 1.85. The molecule has 2 atom stereocenters. The molecular weight excluding hydrogens is 494 g/mol. The predicted octanol–water partition coefficient (Wildman–Crippen LogP) is 5.91. The second-order valence-electron chi connectivity index (χ2n) is 8.92. The molecule has 8 heteroatoms. The molecule has 0 aromatic heterocycles. The first-order chi connectivity index (χ1) is 18.9. The van der Waals surface area contributed by atoms with Crippen LogP contribution >= 0.6 is 0 Å². The van der Waals surface area contributed by atoms with E-state index in [-0.39, 0.29) is 19.1 Å². The summed E-state index contributed by atoms with van der Waals surface area (Å²) in [6, 6.07) is 27.4. The average molecular weight is 526 g/mol. The summed E-state index contributed by atoms with van der Waals surface area (Å²) in [4.78, 5) is 25.7. The molecule has 0 fully saturated rings. The lowest BCUT2D eigenvalue weighted by atomic mass is 9.96. The number of anilines is 3. The number of fused-ring (bicyclic) bond motifs is 1. The van der Waals surface area contributed by atoms with Crippen LogP contribution in [0.5, 0.6) is 5.75 Å². The van der Waals surface area contributed by atoms with Gasteiger partial charge in [0.15, 0.2) is 0 Å². The van der Waals surface area contributed by atoms with Crippen molar-refractivity contribution >= 4 is 39.8 Å². The van der Waals surface area contributed by atoms with Crippen molar-refractivity contribution < 1.29 is 24.2 Å². The van der Waals surface area contributed by atoms with Crippen molar-refractivity contribution in [1.82, 2.24) is 0 Å².